The zero-order chi connectivity index (χ0) is 15.6. The van der Waals surface area contributed by atoms with Gasteiger partial charge in [0.2, 0.25) is 0 Å². The number of aromatic nitrogens is 2. The van der Waals surface area contributed by atoms with Crippen molar-refractivity contribution in [3.8, 4) is 0 Å². The summed E-state index contributed by atoms with van der Waals surface area (Å²) >= 11 is 0. The first-order valence-electron chi connectivity index (χ1n) is 8.52. The molecule has 0 spiro atoms. The molecule has 1 aromatic carbocycles. The van der Waals surface area contributed by atoms with Gasteiger partial charge < -0.3 is 4.74 Å². The van der Waals surface area contributed by atoms with E-state index < -0.39 is 6.04 Å². The molecule has 2 saturated carbocycles. The Hall–Kier alpha value is -2.10. The molecule has 0 saturated heterocycles. The molecule has 23 heavy (non-hydrogen) atoms. The monoisotopic (exact) mass is 310 g/mol. The normalized spacial score (nSPS) is 27.0. The maximum absolute atomic E-state index is 12.7. The number of carbonyl (C=O) groups excluding carboxylic acids is 1. The molecule has 0 amide bonds. The minimum atomic E-state index is -0.496. The summed E-state index contributed by atoms with van der Waals surface area (Å²) in [5.74, 6) is 2.00. The van der Waals surface area contributed by atoms with Crippen LogP contribution in [0.1, 0.15) is 37.3 Å². The number of nitrogens with zero attached hydrogens (tertiary/aromatic N) is 2. The van der Waals surface area contributed by atoms with E-state index in [2.05, 4.69) is 5.10 Å². The average Bonchev–Trinajstić information content (AvgIpc) is 3.32. The lowest BCUT2D eigenvalue weighted by Gasteiger charge is -2.23. The molecule has 1 heterocycles. The minimum Gasteiger partial charge on any atom is -0.464 e. The maximum atomic E-state index is 12.7. The largest absolute Gasteiger partial charge is 0.464 e. The Labute approximate surface area is 136 Å². The van der Waals surface area contributed by atoms with Crippen LogP contribution in [0.15, 0.2) is 48.8 Å². The molecule has 1 aromatic heterocycles. The summed E-state index contributed by atoms with van der Waals surface area (Å²) in [5.41, 5.74) is 0.911. The quantitative estimate of drug-likeness (QED) is 0.795. The van der Waals surface area contributed by atoms with Gasteiger partial charge in [-0.25, -0.2) is 4.79 Å². The number of fused-ring (bicyclic) bond motifs is 2. The number of esters is 1. The number of carbonyl (C=O) groups is 1. The van der Waals surface area contributed by atoms with Gasteiger partial charge in [0.25, 0.3) is 0 Å². The molecule has 0 unspecified atom stereocenters. The van der Waals surface area contributed by atoms with Gasteiger partial charge in [0.05, 0.1) is 6.61 Å². The summed E-state index contributed by atoms with van der Waals surface area (Å²) in [6.07, 6.45) is 8.76. The van der Waals surface area contributed by atoms with Crippen LogP contribution in [0.3, 0.4) is 0 Å². The molecular weight excluding hydrogens is 288 g/mol. The van der Waals surface area contributed by atoms with Crippen LogP contribution >= 0.6 is 0 Å². The van der Waals surface area contributed by atoms with Crippen molar-refractivity contribution in [3.63, 3.8) is 0 Å². The van der Waals surface area contributed by atoms with Crippen molar-refractivity contribution in [2.24, 2.45) is 17.8 Å². The summed E-state index contributed by atoms with van der Waals surface area (Å²) in [5, 5.41) is 4.25. The van der Waals surface area contributed by atoms with Crippen LogP contribution < -0.4 is 0 Å². The molecule has 0 aliphatic heterocycles. The van der Waals surface area contributed by atoms with E-state index in [9.17, 15) is 4.79 Å². The van der Waals surface area contributed by atoms with Gasteiger partial charge in [-0.1, -0.05) is 36.8 Å². The predicted octanol–water partition coefficient (Wildman–Crippen LogP) is 3.45. The third kappa shape index (κ3) is 2.90. The van der Waals surface area contributed by atoms with Crippen LogP contribution in [-0.4, -0.2) is 22.4 Å². The zero-order valence-corrected chi connectivity index (χ0v) is 13.2. The standard InChI is InChI=1S/C19H22N2O2/c22-19(23-13-17-12-14-7-8-16(17)11-14)18(21-10-4-9-20-21)15-5-2-1-3-6-15/h1-6,9-10,14,16-18H,7-8,11-13H2/t14-,16-,17+,18-/m0/s1. The first-order chi connectivity index (χ1) is 11.3. The van der Waals surface area contributed by atoms with Crippen LogP contribution in [0.2, 0.25) is 0 Å². The number of hydrogen-bond donors (Lipinski definition) is 0. The van der Waals surface area contributed by atoms with Crippen molar-refractivity contribution >= 4 is 5.97 Å². The molecule has 120 valence electrons. The lowest BCUT2D eigenvalue weighted by molar-refractivity contribution is -0.148. The van der Waals surface area contributed by atoms with Crippen LogP contribution in [0, 0.1) is 17.8 Å². The van der Waals surface area contributed by atoms with Crippen molar-refractivity contribution in [1.29, 1.82) is 0 Å². The second kappa shape index (κ2) is 6.19. The Morgan fingerprint density at radius 1 is 1.22 bits per heavy atom. The molecule has 2 aliphatic rings. The van der Waals surface area contributed by atoms with Crippen molar-refractivity contribution in [3.05, 3.63) is 54.4 Å². The Kier molecular flexibility index (Phi) is 3.90. The number of rotatable bonds is 5. The van der Waals surface area contributed by atoms with E-state index in [0.29, 0.717) is 12.5 Å². The molecule has 4 nitrogen and oxygen atoms in total. The van der Waals surface area contributed by atoms with Crippen LogP contribution in [0.4, 0.5) is 0 Å². The smallest absolute Gasteiger partial charge is 0.335 e. The van der Waals surface area contributed by atoms with Crippen LogP contribution in [-0.2, 0) is 9.53 Å². The highest BCUT2D eigenvalue weighted by molar-refractivity contribution is 5.78. The van der Waals surface area contributed by atoms with E-state index in [1.54, 1.807) is 10.9 Å². The highest BCUT2D eigenvalue weighted by Crippen LogP contribution is 2.48. The predicted molar refractivity (Wildman–Crippen MR) is 86.7 cm³/mol. The first kappa shape index (κ1) is 14.5. The summed E-state index contributed by atoms with van der Waals surface area (Å²) in [6.45, 7) is 0.560. The Morgan fingerprint density at radius 2 is 2.09 bits per heavy atom. The van der Waals surface area contributed by atoms with Gasteiger partial charge in [0.1, 0.15) is 0 Å². The van der Waals surface area contributed by atoms with Crippen LogP contribution in [0.25, 0.3) is 0 Å². The van der Waals surface area contributed by atoms with E-state index in [1.165, 1.54) is 25.7 Å². The van der Waals surface area contributed by atoms with Gasteiger partial charge >= 0.3 is 5.97 Å². The maximum Gasteiger partial charge on any atom is 0.335 e. The van der Waals surface area contributed by atoms with E-state index in [0.717, 1.165) is 17.4 Å². The first-order valence-corrected chi connectivity index (χ1v) is 8.52. The van der Waals surface area contributed by atoms with E-state index in [-0.39, 0.29) is 5.97 Å². The second-order valence-electron chi connectivity index (χ2n) is 6.86. The van der Waals surface area contributed by atoms with Crippen LogP contribution in [0.5, 0.6) is 0 Å². The average molecular weight is 310 g/mol. The van der Waals surface area contributed by atoms with Gasteiger partial charge in [-0.2, -0.15) is 5.10 Å². The van der Waals surface area contributed by atoms with Crippen molar-refractivity contribution in [1.82, 2.24) is 9.78 Å². The minimum absolute atomic E-state index is 0.206. The third-order valence-corrected chi connectivity index (χ3v) is 5.45. The van der Waals surface area contributed by atoms with Crippen molar-refractivity contribution in [2.75, 3.05) is 6.61 Å². The summed E-state index contributed by atoms with van der Waals surface area (Å²) in [6, 6.07) is 11.1. The van der Waals surface area contributed by atoms with Gasteiger partial charge in [0.15, 0.2) is 6.04 Å². The fourth-order valence-electron chi connectivity index (χ4n) is 4.31. The lowest BCUT2D eigenvalue weighted by atomic mass is 9.89. The highest BCUT2D eigenvalue weighted by Gasteiger charge is 2.40. The molecule has 2 aliphatic carbocycles. The molecule has 4 atom stereocenters. The fraction of sp³-hybridized carbons (Fsp3) is 0.474. The Morgan fingerprint density at radius 3 is 2.74 bits per heavy atom. The molecule has 2 aromatic rings. The Balaban J connectivity index is 1.47. The summed E-state index contributed by atoms with van der Waals surface area (Å²) < 4.78 is 7.40. The molecule has 0 radical (unpaired) electrons. The molecule has 2 fully saturated rings. The third-order valence-electron chi connectivity index (χ3n) is 5.45. The van der Waals surface area contributed by atoms with Gasteiger partial charge in [0, 0.05) is 12.4 Å². The fourth-order valence-corrected chi connectivity index (χ4v) is 4.31. The van der Waals surface area contributed by atoms with E-state index in [4.69, 9.17) is 4.74 Å². The van der Waals surface area contributed by atoms with Gasteiger partial charge in [-0.3, -0.25) is 4.68 Å². The summed E-state index contributed by atoms with van der Waals surface area (Å²) in [4.78, 5) is 12.7. The lowest BCUT2D eigenvalue weighted by Crippen LogP contribution is -2.27. The molecule has 4 rings (SSSR count). The van der Waals surface area contributed by atoms with Gasteiger partial charge in [-0.05, 0) is 48.6 Å². The topological polar surface area (TPSA) is 44.1 Å². The molecule has 2 bridgehead atoms. The van der Waals surface area contributed by atoms with E-state index in [1.807, 2.05) is 42.6 Å². The van der Waals surface area contributed by atoms with E-state index >= 15 is 0 Å². The summed E-state index contributed by atoms with van der Waals surface area (Å²) in [7, 11) is 0. The molecular formula is C19H22N2O2. The number of hydrogen-bond acceptors (Lipinski definition) is 3. The Bertz CT molecular complexity index is 653. The number of benzene rings is 1. The van der Waals surface area contributed by atoms with Crippen molar-refractivity contribution < 1.29 is 9.53 Å². The highest BCUT2D eigenvalue weighted by atomic mass is 16.5. The number of ether oxygens (including phenoxy) is 1. The van der Waals surface area contributed by atoms with Crippen molar-refractivity contribution in [2.45, 2.75) is 31.7 Å². The SMILES string of the molecule is O=C(OC[C@H]1C[C@H]2CC[C@H]1C2)[C@H](c1ccccc1)n1cccn1. The zero-order valence-electron chi connectivity index (χ0n) is 13.2. The molecule has 0 N–H and O–H groups in total. The second-order valence-corrected chi connectivity index (χ2v) is 6.86. The van der Waals surface area contributed by atoms with Gasteiger partial charge in [-0.15, -0.1) is 0 Å². The molecule has 4 heteroatoms.